The van der Waals surface area contributed by atoms with Gasteiger partial charge < -0.3 is 0 Å². The first-order valence-corrected chi connectivity index (χ1v) is 5.22. The average Bonchev–Trinajstić information content (AvgIpc) is 2.21. The summed E-state index contributed by atoms with van der Waals surface area (Å²) >= 11 is 1.49. The summed E-state index contributed by atoms with van der Waals surface area (Å²) in [7, 11) is 0. The van der Waals surface area contributed by atoms with Crippen LogP contribution in [0.2, 0.25) is 0 Å². The molecule has 1 nitrogen and oxygen atoms in total. The normalized spacial score (nSPS) is 11.8. The van der Waals surface area contributed by atoms with Crippen LogP contribution in [0.4, 0.5) is 0 Å². The molecule has 0 aromatic heterocycles. The summed E-state index contributed by atoms with van der Waals surface area (Å²) < 4.78 is 0. The molecule has 1 rings (SSSR count). The highest BCUT2D eigenvalue weighted by atomic mass is 32.2. The summed E-state index contributed by atoms with van der Waals surface area (Å²) in [5.41, 5.74) is 2.17. The van der Waals surface area contributed by atoms with Gasteiger partial charge in [0.25, 0.3) is 0 Å². The van der Waals surface area contributed by atoms with Gasteiger partial charge >= 0.3 is 0 Å². The average molecular weight is 189 g/mol. The Bertz CT molecular complexity index is 346. The number of nitrogens with zero attached hydrogens (tertiary/aromatic N) is 1. The van der Waals surface area contributed by atoms with Gasteiger partial charge in [-0.15, -0.1) is 11.8 Å². The van der Waals surface area contributed by atoms with Gasteiger partial charge in [0.2, 0.25) is 0 Å². The molecule has 0 N–H and O–H groups in total. The zero-order valence-corrected chi connectivity index (χ0v) is 8.56. The first kappa shape index (κ1) is 9.88. The van der Waals surface area contributed by atoms with Crippen molar-refractivity contribution >= 4 is 17.3 Å². The lowest BCUT2D eigenvalue weighted by atomic mass is 10.1. The fraction of sp³-hybridized carbons (Fsp3) is 0.182. The second-order valence-electron chi connectivity index (χ2n) is 2.64. The lowest BCUT2D eigenvalue weighted by Gasteiger charge is -2.02. The predicted octanol–water partition coefficient (Wildman–Crippen LogP) is 3.30. The Morgan fingerprint density at radius 1 is 1.31 bits per heavy atom. The van der Waals surface area contributed by atoms with Crippen molar-refractivity contribution in [2.45, 2.75) is 6.92 Å². The minimum absolute atomic E-state index is 0.784. The van der Waals surface area contributed by atoms with Crippen LogP contribution in [0.5, 0.6) is 0 Å². The Hall–Kier alpha value is -1.20. The number of rotatable bonds is 2. The van der Waals surface area contributed by atoms with Crippen LogP contribution < -0.4 is 0 Å². The largest absolute Gasteiger partial charge is 0.192 e. The summed E-state index contributed by atoms with van der Waals surface area (Å²) in [6.45, 7) is 1.98. The van der Waals surface area contributed by atoms with E-state index < -0.39 is 0 Å². The Morgan fingerprint density at radius 2 is 1.92 bits per heavy atom. The van der Waals surface area contributed by atoms with E-state index in [1.54, 1.807) is 0 Å². The monoisotopic (exact) mass is 189 g/mol. The summed E-state index contributed by atoms with van der Waals surface area (Å²) in [6, 6.07) is 12.2. The zero-order valence-electron chi connectivity index (χ0n) is 7.74. The predicted molar refractivity (Wildman–Crippen MR) is 58.2 cm³/mol. The van der Waals surface area contributed by atoms with Crippen molar-refractivity contribution in [3.8, 4) is 6.07 Å². The number of allylic oxidation sites excluding steroid dienone is 2. The van der Waals surface area contributed by atoms with Gasteiger partial charge in [0.15, 0.2) is 0 Å². The molecule has 0 aliphatic heterocycles. The van der Waals surface area contributed by atoms with Gasteiger partial charge in [-0.2, -0.15) is 5.26 Å². The van der Waals surface area contributed by atoms with Crippen LogP contribution in [0.1, 0.15) is 12.5 Å². The number of nitriles is 1. The molecule has 0 radical (unpaired) electrons. The first-order valence-electron chi connectivity index (χ1n) is 4.00. The molecule has 0 unspecified atom stereocenters. The summed E-state index contributed by atoms with van der Waals surface area (Å²) in [5, 5.41) is 8.83. The molecule has 0 fully saturated rings. The lowest BCUT2D eigenvalue weighted by Crippen LogP contribution is -1.82. The van der Waals surface area contributed by atoms with E-state index in [1.807, 2.05) is 43.5 Å². The Morgan fingerprint density at radius 3 is 2.38 bits per heavy atom. The van der Waals surface area contributed by atoms with Crippen LogP contribution in [-0.4, -0.2) is 6.26 Å². The van der Waals surface area contributed by atoms with Crippen molar-refractivity contribution < 1.29 is 0 Å². The molecule has 66 valence electrons. The molecular weight excluding hydrogens is 178 g/mol. The van der Waals surface area contributed by atoms with Crippen LogP contribution in [-0.2, 0) is 0 Å². The third-order valence-electron chi connectivity index (χ3n) is 1.85. The lowest BCUT2D eigenvalue weighted by molar-refractivity contribution is 1.50. The van der Waals surface area contributed by atoms with Crippen LogP contribution in [0, 0.1) is 11.3 Å². The minimum Gasteiger partial charge on any atom is -0.192 e. The third kappa shape index (κ3) is 2.37. The summed E-state index contributed by atoms with van der Waals surface area (Å²) in [4.78, 5) is 0.784. The van der Waals surface area contributed by atoms with E-state index in [4.69, 9.17) is 5.26 Å². The van der Waals surface area contributed by atoms with Gasteiger partial charge in [0.1, 0.15) is 6.07 Å². The second-order valence-corrected chi connectivity index (χ2v) is 3.45. The molecule has 0 saturated heterocycles. The number of hydrogen-bond acceptors (Lipinski definition) is 2. The van der Waals surface area contributed by atoms with Gasteiger partial charge in [-0.3, -0.25) is 0 Å². The molecule has 0 heterocycles. The fourth-order valence-electron chi connectivity index (χ4n) is 1.10. The highest BCUT2D eigenvalue weighted by Crippen LogP contribution is 2.23. The number of thioether (sulfide) groups is 1. The smallest absolute Gasteiger partial charge is 0.106 e. The van der Waals surface area contributed by atoms with Crippen molar-refractivity contribution in [3.05, 3.63) is 40.8 Å². The second kappa shape index (κ2) is 4.74. The highest BCUT2D eigenvalue weighted by molar-refractivity contribution is 8.02. The molecular formula is C11H11NS. The number of benzene rings is 1. The van der Waals surface area contributed by atoms with E-state index in [2.05, 4.69) is 6.07 Å². The number of hydrogen-bond donors (Lipinski definition) is 0. The van der Waals surface area contributed by atoms with Crippen LogP contribution in [0.25, 0.3) is 5.57 Å². The summed E-state index contributed by atoms with van der Waals surface area (Å²) in [6.07, 6.45) is 1.92. The molecule has 0 atom stereocenters. The van der Waals surface area contributed by atoms with Gasteiger partial charge in [0, 0.05) is 0 Å². The molecule has 1 aromatic rings. The topological polar surface area (TPSA) is 23.8 Å². The van der Waals surface area contributed by atoms with E-state index in [0.29, 0.717) is 0 Å². The van der Waals surface area contributed by atoms with Gasteiger partial charge in [-0.05, 0) is 24.3 Å². The van der Waals surface area contributed by atoms with E-state index in [-0.39, 0.29) is 0 Å². The van der Waals surface area contributed by atoms with Crippen LogP contribution >= 0.6 is 11.8 Å². The Balaban J connectivity index is 3.11. The molecule has 13 heavy (non-hydrogen) atoms. The van der Waals surface area contributed by atoms with Gasteiger partial charge in [-0.1, -0.05) is 30.3 Å². The third-order valence-corrected chi connectivity index (χ3v) is 2.66. The molecule has 0 spiro atoms. The fourth-order valence-corrected chi connectivity index (χ4v) is 1.62. The van der Waals surface area contributed by atoms with Crippen molar-refractivity contribution in [1.29, 1.82) is 5.26 Å². The quantitative estimate of drug-likeness (QED) is 0.666. The van der Waals surface area contributed by atoms with Crippen molar-refractivity contribution in [3.63, 3.8) is 0 Å². The maximum Gasteiger partial charge on any atom is 0.106 e. The van der Waals surface area contributed by atoms with E-state index in [1.165, 1.54) is 11.8 Å². The Kier molecular flexibility index (Phi) is 3.60. The van der Waals surface area contributed by atoms with Crippen molar-refractivity contribution in [1.82, 2.24) is 0 Å². The van der Waals surface area contributed by atoms with Crippen molar-refractivity contribution in [2.24, 2.45) is 0 Å². The van der Waals surface area contributed by atoms with E-state index >= 15 is 0 Å². The van der Waals surface area contributed by atoms with E-state index in [0.717, 1.165) is 16.0 Å². The van der Waals surface area contributed by atoms with Crippen molar-refractivity contribution in [2.75, 3.05) is 6.26 Å². The SMILES string of the molecule is CS/C(C#N)=C(\C)c1ccccc1. The Labute approximate surface area is 83.1 Å². The molecule has 0 amide bonds. The zero-order chi connectivity index (χ0) is 9.68. The highest BCUT2D eigenvalue weighted by Gasteiger charge is 2.01. The molecule has 1 aromatic carbocycles. The van der Waals surface area contributed by atoms with Gasteiger partial charge in [0.05, 0.1) is 4.91 Å². The molecule has 0 aliphatic carbocycles. The standard InChI is InChI=1S/C11H11NS/c1-9(11(8-12)13-2)10-6-4-3-5-7-10/h3-7H,1-2H3/b11-9+. The van der Waals surface area contributed by atoms with E-state index in [9.17, 15) is 0 Å². The van der Waals surface area contributed by atoms with Crippen LogP contribution in [0.3, 0.4) is 0 Å². The molecule has 0 saturated carbocycles. The summed E-state index contributed by atoms with van der Waals surface area (Å²) in [5.74, 6) is 0. The molecule has 0 aliphatic rings. The maximum absolute atomic E-state index is 8.83. The minimum atomic E-state index is 0.784. The van der Waals surface area contributed by atoms with Crippen LogP contribution in [0.15, 0.2) is 35.2 Å². The molecule has 0 bridgehead atoms. The maximum atomic E-state index is 8.83. The van der Waals surface area contributed by atoms with Gasteiger partial charge in [-0.25, -0.2) is 0 Å². The molecule has 2 heteroatoms. The first-order chi connectivity index (χ1) is 6.29.